The molecule has 1 saturated heterocycles. The Balaban J connectivity index is 1.72. The average molecular weight is 491 g/mol. The Morgan fingerprint density at radius 3 is 2.82 bits per heavy atom. The Morgan fingerprint density at radius 2 is 2.12 bits per heavy atom. The van der Waals surface area contributed by atoms with Gasteiger partial charge in [-0.05, 0) is 36.5 Å². The fraction of sp³-hybridized carbons (Fsp3) is 0.714. The van der Waals surface area contributed by atoms with Gasteiger partial charge in [-0.25, -0.2) is 15.0 Å². The lowest BCUT2D eigenvalue weighted by Gasteiger charge is -2.37. The molecule has 0 bridgehead atoms. The second-order valence-electron chi connectivity index (χ2n) is 9.96. The van der Waals surface area contributed by atoms with Gasteiger partial charge in [-0.2, -0.15) is 0 Å². The minimum absolute atomic E-state index is 0.0398. The van der Waals surface area contributed by atoms with Crippen LogP contribution in [0.3, 0.4) is 0 Å². The maximum absolute atomic E-state index is 12.5. The number of unbranched alkanes of at least 4 members (excludes halogenated alkanes) is 1. The molecular weight excluding hydrogens is 456 g/mol. The van der Waals surface area contributed by atoms with E-state index in [2.05, 4.69) is 58.8 Å². The van der Waals surface area contributed by atoms with Gasteiger partial charge in [-0.3, -0.25) is 9.36 Å². The third-order valence-corrected chi connectivity index (χ3v) is 11.0. The second-order valence-corrected chi connectivity index (χ2v) is 14.8. The number of fused-ring (bicyclic) bond motifs is 1. The summed E-state index contributed by atoms with van der Waals surface area (Å²) in [5, 5.41) is 3.53. The topological polar surface area (TPSA) is 163 Å². The van der Waals surface area contributed by atoms with Crippen LogP contribution in [0, 0.1) is 0 Å². The zero-order valence-electron chi connectivity index (χ0n) is 20.5. The van der Waals surface area contributed by atoms with Crippen LogP contribution >= 0.6 is 0 Å². The fourth-order valence-electron chi connectivity index (χ4n) is 3.46. The summed E-state index contributed by atoms with van der Waals surface area (Å²) in [6.07, 6.45) is 3.56. The first kappa shape index (κ1) is 25.9. The van der Waals surface area contributed by atoms with Crippen LogP contribution in [0.5, 0.6) is 0 Å². The van der Waals surface area contributed by atoms with Crippen molar-refractivity contribution in [1.29, 1.82) is 0 Å². The largest absolute Gasteiger partial charge is 0.459 e. The Labute approximate surface area is 200 Å². The van der Waals surface area contributed by atoms with Crippen molar-refractivity contribution in [3.63, 3.8) is 0 Å². The maximum atomic E-state index is 12.5. The van der Waals surface area contributed by atoms with Gasteiger partial charge < -0.3 is 19.6 Å². The van der Waals surface area contributed by atoms with Crippen molar-refractivity contribution < 1.29 is 18.7 Å². The van der Waals surface area contributed by atoms with Gasteiger partial charge in [0.05, 0.1) is 12.9 Å². The number of imidazole rings is 1. The third-order valence-electron chi connectivity index (χ3n) is 6.53. The van der Waals surface area contributed by atoms with E-state index in [4.69, 9.17) is 25.2 Å². The van der Waals surface area contributed by atoms with Gasteiger partial charge in [-0.1, -0.05) is 25.9 Å². The molecule has 0 radical (unpaired) electrons. The van der Waals surface area contributed by atoms with Crippen LogP contribution in [0.1, 0.15) is 52.7 Å². The van der Waals surface area contributed by atoms with E-state index in [-0.39, 0.29) is 17.4 Å². The summed E-state index contributed by atoms with van der Waals surface area (Å²) in [4.78, 5) is 27.8. The van der Waals surface area contributed by atoms with Crippen LogP contribution in [0.2, 0.25) is 18.1 Å². The predicted octanol–water partition coefficient (Wildman–Crippen LogP) is 4.11. The highest BCUT2D eigenvalue weighted by atomic mass is 28.4. The molecule has 1 aliphatic heterocycles. The summed E-state index contributed by atoms with van der Waals surface area (Å²) in [7, 11) is -2.03. The number of hydrogen-bond acceptors (Lipinski definition) is 9. The van der Waals surface area contributed by atoms with Crippen LogP contribution in [-0.2, 0) is 18.7 Å². The number of ether oxygens (including phenoxy) is 2. The van der Waals surface area contributed by atoms with E-state index in [1.807, 2.05) is 0 Å². The first-order valence-electron chi connectivity index (χ1n) is 11.5. The number of nitrogens with zero attached hydrogens (tertiary/aromatic N) is 7. The van der Waals surface area contributed by atoms with Crippen molar-refractivity contribution in [1.82, 2.24) is 19.5 Å². The zero-order chi connectivity index (χ0) is 24.9. The molecule has 34 heavy (non-hydrogen) atoms. The van der Waals surface area contributed by atoms with Gasteiger partial charge in [0.1, 0.15) is 30.3 Å². The molecule has 13 heteroatoms. The summed E-state index contributed by atoms with van der Waals surface area (Å²) >= 11 is 0. The van der Waals surface area contributed by atoms with Crippen molar-refractivity contribution in [3.05, 3.63) is 23.1 Å². The number of carbonyl (C=O) groups is 1. The van der Waals surface area contributed by atoms with E-state index in [0.717, 1.165) is 0 Å². The van der Waals surface area contributed by atoms with Gasteiger partial charge in [-0.15, -0.1) is 0 Å². The molecule has 2 N–H and O–H groups in total. The predicted molar refractivity (Wildman–Crippen MR) is 129 cm³/mol. The Kier molecular flexibility index (Phi) is 8.13. The Hall–Kier alpha value is -2.73. The van der Waals surface area contributed by atoms with Crippen molar-refractivity contribution >= 4 is 31.3 Å². The van der Waals surface area contributed by atoms with E-state index in [0.29, 0.717) is 49.4 Å². The monoisotopic (exact) mass is 490 g/mol. The standard InChI is InChI=1S/C21H34N8O4Si/c1-21(2,3)34(4,5)31-11-15-14(33-17(30)8-6-7-9-27-28-23)10-16(32-15)29-13-26-18-19(22)24-12-25-20(18)29/h12-16H,6-11H2,1-5H3,(H2,22,24,25)/t14-,15+,16+/m0/s1. The molecule has 0 spiro atoms. The van der Waals surface area contributed by atoms with Crippen LogP contribution in [0.25, 0.3) is 21.6 Å². The molecule has 12 nitrogen and oxygen atoms in total. The van der Waals surface area contributed by atoms with Gasteiger partial charge in [0.15, 0.2) is 19.8 Å². The number of nitrogen functional groups attached to an aromatic ring is 1. The first-order chi connectivity index (χ1) is 16.0. The smallest absolute Gasteiger partial charge is 0.306 e. The molecule has 2 aromatic heterocycles. The highest BCUT2D eigenvalue weighted by Gasteiger charge is 2.43. The zero-order valence-corrected chi connectivity index (χ0v) is 21.5. The highest BCUT2D eigenvalue weighted by Crippen LogP contribution is 2.38. The molecule has 1 aliphatic rings. The molecule has 3 atom stereocenters. The van der Waals surface area contributed by atoms with Crippen LogP contribution in [0.4, 0.5) is 5.82 Å². The number of esters is 1. The quantitative estimate of drug-likeness (QED) is 0.130. The van der Waals surface area contributed by atoms with Crippen molar-refractivity contribution in [3.8, 4) is 0 Å². The van der Waals surface area contributed by atoms with Crippen LogP contribution in [0.15, 0.2) is 17.8 Å². The lowest BCUT2D eigenvalue weighted by molar-refractivity contribution is -0.153. The van der Waals surface area contributed by atoms with E-state index in [1.165, 1.54) is 6.33 Å². The molecule has 0 aliphatic carbocycles. The molecular formula is C21H34N8O4Si. The van der Waals surface area contributed by atoms with E-state index < -0.39 is 26.8 Å². The number of anilines is 1. The lowest BCUT2D eigenvalue weighted by Crippen LogP contribution is -2.44. The summed E-state index contributed by atoms with van der Waals surface area (Å²) in [6.45, 7) is 11.6. The molecule has 0 amide bonds. The third kappa shape index (κ3) is 6.03. The summed E-state index contributed by atoms with van der Waals surface area (Å²) in [5.41, 5.74) is 15.3. The van der Waals surface area contributed by atoms with Gasteiger partial charge in [0.25, 0.3) is 0 Å². The lowest BCUT2D eigenvalue weighted by atomic mass is 10.2. The Morgan fingerprint density at radius 1 is 1.35 bits per heavy atom. The highest BCUT2D eigenvalue weighted by molar-refractivity contribution is 6.74. The average Bonchev–Trinajstić information content (AvgIpc) is 3.36. The number of aromatic nitrogens is 4. The number of rotatable bonds is 10. The molecule has 186 valence electrons. The van der Waals surface area contributed by atoms with Gasteiger partial charge in [0.2, 0.25) is 0 Å². The minimum Gasteiger partial charge on any atom is -0.459 e. The second kappa shape index (κ2) is 10.7. The molecule has 1 fully saturated rings. The van der Waals surface area contributed by atoms with Crippen molar-refractivity contribution in [2.45, 2.75) is 83.0 Å². The van der Waals surface area contributed by atoms with Crippen molar-refractivity contribution in [2.75, 3.05) is 18.9 Å². The van der Waals surface area contributed by atoms with Crippen LogP contribution < -0.4 is 5.73 Å². The number of azide groups is 1. The molecule has 0 aromatic carbocycles. The summed E-state index contributed by atoms with van der Waals surface area (Å²) in [5.74, 6) is -0.0159. The van der Waals surface area contributed by atoms with Crippen molar-refractivity contribution in [2.24, 2.45) is 5.11 Å². The molecule has 2 aromatic rings. The number of nitrogens with two attached hydrogens (primary N) is 1. The number of carbonyl (C=O) groups excluding carboxylic acids is 1. The Bertz CT molecular complexity index is 1050. The summed E-state index contributed by atoms with van der Waals surface area (Å²) in [6, 6.07) is 0. The first-order valence-corrected chi connectivity index (χ1v) is 14.4. The molecule has 0 unspecified atom stereocenters. The molecule has 3 heterocycles. The van der Waals surface area contributed by atoms with E-state index >= 15 is 0 Å². The normalized spacial score (nSPS) is 20.9. The van der Waals surface area contributed by atoms with E-state index in [9.17, 15) is 4.79 Å². The van der Waals surface area contributed by atoms with Gasteiger partial charge in [0, 0.05) is 24.3 Å². The minimum atomic E-state index is -2.03. The van der Waals surface area contributed by atoms with Gasteiger partial charge >= 0.3 is 5.97 Å². The van der Waals surface area contributed by atoms with E-state index in [1.54, 1.807) is 10.9 Å². The number of hydrogen-bond donors (Lipinski definition) is 1. The SMILES string of the molecule is CC(C)(C)[Si](C)(C)OC[C@H]1O[C@@H](n2cnc3c(N)ncnc32)C[C@@H]1OC(=O)CCCCN=[N+]=[N-]. The fourth-order valence-corrected chi connectivity index (χ4v) is 4.47. The molecule has 3 rings (SSSR count). The summed E-state index contributed by atoms with van der Waals surface area (Å²) < 4.78 is 20.3. The maximum Gasteiger partial charge on any atom is 0.306 e. The van der Waals surface area contributed by atoms with Crippen LogP contribution in [-0.4, -0.2) is 59.2 Å². The molecule has 0 saturated carbocycles.